The second-order valence-electron chi connectivity index (χ2n) is 8.90. The molecule has 1 saturated heterocycles. The zero-order valence-electron chi connectivity index (χ0n) is 16.8. The number of rotatable bonds is 5. The fourth-order valence-corrected chi connectivity index (χ4v) is 4.42. The van der Waals surface area contributed by atoms with Crippen LogP contribution in [0.1, 0.15) is 65.0 Å². The molecule has 1 aliphatic heterocycles. The Kier molecular flexibility index (Phi) is 5.51. The van der Waals surface area contributed by atoms with Gasteiger partial charge in [0.25, 0.3) is 0 Å². The van der Waals surface area contributed by atoms with Crippen molar-refractivity contribution >= 4 is 0 Å². The molecule has 0 aromatic heterocycles. The van der Waals surface area contributed by atoms with E-state index in [2.05, 4.69) is 26.0 Å². The summed E-state index contributed by atoms with van der Waals surface area (Å²) in [5.41, 5.74) is 2.21. The van der Waals surface area contributed by atoms with Gasteiger partial charge >= 0.3 is 0 Å². The van der Waals surface area contributed by atoms with E-state index in [0.29, 0.717) is 6.61 Å². The molecule has 3 rings (SSSR count). The molecule has 3 unspecified atom stereocenters. The van der Waals surface area contributed by atoms with Crippen LogP contribution in [0, 0.1) is 17.2 Å². The molecular formula is C23H31FO3. The van der Waals surface area contributed by atoms with E-state index < -0.39 is 11.4 Å². The van der Waals surface area contributed by atoms with Gasteiger partial charge in [-0.25, -0.2) is 4.39 Å². The highest BCUT2D eigenvalue weighted by molar-refractivity contribution is 5.33. The number of benzene rings is 1. The quantitative estimate of drug-likeness (QED) is 0.675. The van der Waals surface area contributed by atoms with Crippen molar-refractivity contribution in [1.29, 1.82) is 0 Å². The lowest BCUT2D eigenvalue weighted by atomic mass is 9.59. The van der Waals surface area contributed by atoms with E-state index in [-0.39, 0.29) is 23.2 Å². The largest absolute Gasteiger partial charge is 0.505 e. The maximum absolute atomic E-state index is 13.9. The molecule has 2 bridgehead atoms. The van der Waals surface area contributed by atoms with Crippen molar-refractivity contribution in [1.82, 2.24) is 0 Å². The van der Waals surface area contributed by atoms with Crippen molar-refractivity contribution in [2.75, 3.05) is 6.61 Å². The van der Waals surface area contributed by atoms with E-state index in [0.717, 1.165) is 31.2 Å². The molecule has 0 radical (unpaired) electrons. The third-order valence-electron chi connectivity index (χ3n) is 6.33. The Morgan fingerprint density at radius 3 is 2.74 bits per heavy atom. The minimum absolute atomic E-state index is 0.105. The van der Waals surface area contributed by atoms with Gasteiger partial charge in [-0.2, -0.15) is 0 Å². The number of halogens is 1. The molecule has 0 amide bonds. The summed E-state index contributed by atoms with van der Waals surface area (Å²) in [4.78, 5) is 0. The molecule has 4 heteroatoms. The van der Waals surface area contributed by atoms with Crippen LogP contribution in [0.15, 0.2) is 41.5 Å². The highest BCUT2D eigenvalue weighted by atomic mass is 19.1. The van der Waals surface area contributed by atoms with E-state index in [4.69, 9.17) is 4.74 Å². The minimum atomic E-state index is -0.849. The van der Waals surface area contributed by atoms with Crippen LogP contribution in [0.4, 0.5) is 4.39 Å². The summed E-state index contributed by atoms with van der Waals surface area (Å²) in [7, 11) is 0. The zero-order valence-corrected chi connectivity index (χ0v) is 16.8. The summed E-state index contributed by atoms with van der Waals surface area (Å²) in [6.45, 7) is 8.35. The fraction of sp³-hybridized carbons (Fsp3) is 0.565. The predicted molar refractivity (Wildman–Crippen MR) is 105 cm³/mol. The van der Waals surface area contributed by atoms with E-state index in [1.54, 1.807) is 6.07 Å². The van der Waals surface area contributed by atoms with E-state index >= 15 is 0 Å². The molecule has 27 heavy (non-hydrogen) atoms. The van der Waals surface area contributed by atoms with Crippen LogP contribution in [0.3, 0.4) is 0 Å². The molecule has 1 aromatic carbocycles. The average Bonchev–Trinajstić information content (AvgIpc) is 2.58. The fourth-order valence-electron chi connectivity index (χ4n) is 4.42. The van der Waals surface area contributed by atoms with Gasteiger partial charge in [0.2, 0.25) is 0 Å². The van der Waals surface area contributed by atoms with Crippen LogP contribution in [0.2, 0.25) is 0 Å². The number of phenols is 1. The van der Waals surface area contributed by atoms with Gasteiger partial charge < -0.3 is 14.9 Å². The molecule has 0 spiro atoms. The SMILES string of the molecule is CC(C)=CCCC1=CCC2(C(C)(C)O)COC(c3ccc(O)c(F)c3)C1C2. The van der Waals surface area contributed by atoms with Gasteiger partial charge in [0, 0.05) is 11.3 Å². The highest BCUT2D eigenvalue weighted by Crippen LogP contribution is 2.55. The monoisotopic (exact) mass is 374 g/mol. The van der Waals surface area contributed by atoms with Crippen LogP contribution < -0.4 is 0 Å². The van der Waals surface area contributed by atoms with Crippen molar-refractivity contribution in [3.63, 3.8) is 0 Å². The summed E-state index contributed by atoms with van der Waals surface area (Å²) in [5.74, 6) is -0.863. The highest BCUT2D eigenvalue weighted by Gasteiger charge is 2.52. The summed E-state index contributed by atoms with van der Waals surface area (Å²) >= 11 is 0. The Hall–Kier alpha value is -1.65. The minimum Gasteiger partial charge on any atom is -0.505 e. The maximum Gasteiger partial charge on any atom is 0.165 e. The Labute approximate surface area is 161 Å². The Bertz CT molecular complexity index is 755. The third kappa shape index (κ3) is 3.97. The lowest BCUT2D eigenvalue weighted by Gasteiger charge is -2.53. The number of aliphatic hydroxyl groups is 1. The van der Waals surface area contributed by atoms with Crippen molar-refractivity contribution < 1.29 is 19.3 Å². The van der Waals surface area contributed by atoms with E-state index in [1.165, 1.54) is 23.3 Å². The normalized spacial score (nSPS) is 27.9. The Morgan fingerprint density at radius 1 is 1.37 bits per heavy atom. The molecular weight excluding hydrogens is 343 g/mol. The number of fused-ring (bicyclic) bond motifs is 2. The van der Waals surface area contributed by atoms with Crippen LogP contribution in [-0.2, 0) is 4.74 Å². The number of hydrogen-bond acceptors (Lipinski definition) is 3. The average molecular weight is 374 g/mol. The second kappa shape index (κ2) is 7.40. The molecule has 3 nitrogen and oxygen atoms in total. The van der Waals surface area contributed by atoms with E-state index in [1.807, 2.05) is 13.8 Å². The van der Waals surface area contributed by atoms with Crippen molar-refractivity contribution in [3.05, 3.63) is 52.9 Å². The molecule has 1 heterocycles. The van der Waals surface area contributed by atoms with Gasteiger partial charge in [-0.1, -0.05) is 29.4 Å². The van der Waals surface area contributed by atoms with Gasteiger partial charge in [-0.3, -0.25) is 0 Å². The molecule has 1 aromatic rings. The van der Waals surface area contributed by atoms with Crippen LogP contribution >= 0.6 is 0 Å². The molecule has 1 fully saturated rings. The van der Waals surface area contributed by atoms with Crippen LogP contribution in [0.5, 0.6) is 5.75 Å². The van der Waals surface area contributed by atoms with E-state index in [9.17, 15) is 14.6 Å². The lowest BCUT2D eigenvalue weighted by Crippen LogP contribution is -2.53. The zero-order chi connectivity index (χ0) is 19.8. The summed E-state index contributed by atoms with van der Waals surface area (Å²) < 4.78 is 20.2. The molecule has 0 saturated carbocycles. The van der Waals surface area contributed by atoms with Gasteiger partial charge in [-0.05, 0) is 71.1 Å². The Balaban J connectivity index is 1.93. The number of aromatic hydroxyl groups is 1. The molecule has 1 aliphatic carbocycles. The Morgan fingerprint density at radius 2 is 2.11 bits per heavy atom. The summed E-state index contributed by atoms with van der Waals surface area (Å²) in [6.07, 6.45) is 7.79. The second-order valence-corrected chi connectivity index (χ2v) is 8.90. The topological polar surface area (TPSA) is 49.7 Å². The molecule has 2 N–H and O–H groups in total. The predicted octanol–water partition coefficient (Wildman–Crippen LogP) is 5.44. The standard InChI is InChI=1S/C23H31FO3/c1-15(2)6-5-7-16-10-11-23(22(3,4)26)13-18(16)21(27-14-23)17-8-9-20(25)19(24)12-17/h6,8-10,12,18,21,25-26H,5,7,11,13-14H2,1-4H3. The van der Waals surface area contributed by atoms with Gasteiger partial charge in [0.15, 0.2) is 11.6 Å². The molecule has 3 atom stereocenters. The number of ether oxygens (including phenoxy) is 1. The van der Waals surface area contributed by atoms with Crippen LogP contribution in [-0.4, -0.2) is 22.4 Å². The van der Waals surface area contributed by atoms with Crippen molar-refractivity contribution in [3.8, 4) is 5.75 Å². The lowest BCUT2D eigenvalue weighted by molar-refractivity contribution is -0.174. The van der Waals surface area contributed by atoms with Crippen molar-refractivity contribution in [2.45, 2.75) is 65.1 Å². The van der Waals surface area contributed by atoms with Gasteiger partial charge in [0.05, 0.1) is 18.3 Å². The number of hydrogen-bond donors (Lipinski definition) is 2. The first-order chi connectivity index (χ1) is 12.6. The third-order valence-corrected chi connectivity index (χ3v) is 6.33. The van der Waals surface area contributed by atoms with Gasteiger partial charge in [-0.15, -0.1) is 0 Å². The molecule has 148 valence electrons. The first kappa shape index (κ1) is 20.1. The maximum atomic E-state index is 13.9. The number of allylic oxidation sites excluding steroid dienone is 3. The number of phenolic OH excluding ortho intramolecular Hbond substituents is 1. The summed E-state index contributed by atoms with van der Waals surface area (Å²) in [6, 6.07) is 4.50. The van der Waals surface area contributed by atoms with Gasteiger partial charge in [0.1, 0.15) is 0 Å². The first-order valence-electron chi connectivity index (χ1n) is 9.78. The van der Waals surface area contributed by atoms with Crippen LogP contribution in [0.25, 0.3) is 0 Å². The van der Waals surface area contributed by atoms with Crippen molar-refractivity contribution in [2.24, 2.45) is 11.3 Å². The first-order valence-corrected chi connectivity index (χ1v) is 9.78. The smallest absolute Gasteiger partial charge is 0.165 e. The molecule has 2 aliphatic rings. The summed E-state index contributed by atoms with van der Waals surface area (Å²) in [5, 5.41) is 20.3.